The third-order valence-electron chi connectivity index (χ3n) is 4.82. The van der Waals surface area contributed by atoms with Gasteiger partial charge in [0, 0.05) is 0 Å². The zero-order valence-electron chi connectivity index (χ0n) is 12.7. The quantitative estimate of drug-likeness (QED) is 0.621. The molecule has 0 aliphatic carbocycles. The number of thiophene rings is 2. The summed E-state index contributed by atoms with van der Waals surface area (Å²) in [5.74, 6) is -0.651. The van der Waals surface area contributed by atoms with Crippen LogP contribution in [0.15, 0.2) is 53.2 Å². The van der Waals surface area contributed by atoms with Crippen LogP contribution in [0.5, 0.6) is 0 Å². The molecular formula is C18H16O2PS2+. The van der Waals surface area contributed by atoms with Gasteiger partial charge in [-0.05, 0) is 35.0 Å². The fourth-order valence-electron chi connectivity index (χ4n) is 3.71. The smallest absolute Gasteiger partial charge is 0.249 e. The van der Waals surface area contributed by atoms with Crippen LogP contribution >= 0.6 is 29.9 Å². The molecule has 2 aromatic heterocycles. The van der Waals surface area contributed by atoms with Crippen molar-refractivity contribution in [1.29, 1.82) is 0 Å². The zero-order valence-corrected chi connectivity index (χ0v) is 15.2. The van der Waals surface area contributed by atoms with E-state index in [2.05, 4.69) is 59.9 Å². The molecule has 4 heterocycles. The van der Waals surface area contributed by atoms with E-state index in [9.17, 15) is 0 Å². The molecule has 0 radical (unpaired) electrons. The van der Waals surface area contributed by atoms with Crippen LogP contribution in [0.4, 0.5) is 0 Å². The Morgan fingerprint density at radius 2 is 1.43 bits per heavy atom. The highest BCUT2D eigenvalue weighted by molar-refractivity contribution is 7.95. The lowest BCUT2D eigenvalue weighted by atomic mass is 10.1. The van der Waals surface area contributed by atoms with Crippen molar-refractivity contribution in [1.82, 2.24) is 0 Å². The first-order chi connectivity index (χ1) is 11.3. The maximum Gasteiger partial charge on any atom is 0.249 e. The van der Waals surface area contributed by atoms with Crippen LogP contribution in [0.1, 0.15) is 9.75 Å². The van der Waals surface area contributed by atoms with Crippen molar-refractivity contribution in [3.05, 3.63) is 63.0 Å². The molecule has 5 rings (SSSR count). The van der Waals surface area contributed by atoms with Gasteiger partial charge in [-0.1, -0.05) is 18.2 Å². The molecule has 0 N–H and O–H groups in total. The van der Waals surface area contributed by atoms with Crippen LogP contribution in [0.2, 0.25) is 0 Å². The van der Waals surface area contributed by atoms with E-state index in [0.29, 0.717) is 13.2 Å². The molecule has 0 unspecified atom stereocenters. The zero-order chi connectivity index (χ0) is 15.5. The van der Waals surface area contributed by atoms with Crippen LogP contribution in [-0.4, -0.2) is 19.9 Å². The monoisotopic (exact) mass is 359 g/mol. The molecule has 2 aliphatic rings. The first-order valence-electron chi connectivity index (χ1n) is 7.64. The maximum absolute atomic E-state index is 6.20. The Kier molecular flexibility index (Phi) is 3.10. The second-order valence-corrected chi connectivity index (χ2v) is 11.2. The van der Waals surface area contributed by atoms with Crippen LogP contribution in [0.25, 0.3) is 0 Å². The molecule has 1 saturated heterocycles. The van der Waals surface area contributed by atoms with E-state index in [1.54, 1.807) is 22.7 Å². The number of benzene rings is 1. The third kappa shape index (κ3) is 1.73. The predicted molar refractivity (Wildman–Crippen MR) is 99.5 cm³/mol. The molecular weight excluding hydrogens is 343 g/mol. The molecule has 1 fully saturated rings. The van der Waals surface area contributed by atoms with Gasteiger partial charge in [-0.2, -0.15) is 0 Å². The summed E-state index contributed by atoms with van der Waals surface area (Å²) in [7, 11) is -1.62. The lowest BCUT2D eigenvalue weighted by Gasteiger charge is -2.35. The average Bonchev–Trinajstić information content (AvgIpc) is 3.32. The second kappa shape index (κ2) is 4.98. The SMILES string of the molecule is C[P+]1(c2ccccc2)c2ccsc2C2(OCCO2)c2sccc21. The molecule has 0 atom stereocenters. The van der Waals surface area contributed by atoms with Crippen LogP contribution in [0, 0.1) is 0 Å². The van der Waals surface area contributed by atoms with Gasteiger partial charge in [-0.3, -0.25) is 0 Å². The molecule has 1 aromatic carbocycles. The van der Waals surface area contributed by atoms with Crippen LogP contribution in [0.3, 0.4) is 0 Å². The molecule has 1 spiro atoms. The first kappa shape index (κ1) is 14.3. The highest BCUT2D eigenvalue weighted by atomic mass is 32.1. The Bertz CT molecular complexity index is 818. The standard InChI is InChI=1S/C18H16O2PS2/c1-21(13-5-3-2-4-6-13)14-7-11-22-16(14)18(19-9-10-20-18)17-15(21)8-12-23-17/h2-8,11-12H,9-10H2,1H3/q+1. The van der Waals surface area contributed by atoms with Crippen LogP contribution < -0.4 is 15.9 Å². The number of rotatable bonds is 1. The van der Waals surface area contributed by atoms with Gasteiger partial charge >= 0.3 is 0 Å². The third-order valence-corrected chi connectivity index (χ3v) is 11.1. The van der Waals surface area contributed by atoms with E-state index in [1.165, 1.54) is 25.7 Å². The molecule has 23 heavy (non-hydrogen) atoms. The van der Waals surface area contributed by atoms with Crippen molar-refractivity contribution in [2.24, 2.45) is 0 Å². The van der Waals surface area contributed by atoms with E-state index < -0.39 is 13.0 Å². The highest BCUT2D eigenvalue weighted by Crippen LogP contribution is 2.61. The Hall–Kier alpha value is -1.03. The van der Waals surface area contributed by atoms with E-state index in [1.807, 2.05) is 0 Å². The number of ether oxygens (including phenoxy) is 2. The van der Waals surface area contributed by atoms with Crippen molar-refractivity contribution in [2.45, 2.75) is 5.79 Å². The number of hydrogen-bond acceptors (Lipinski definition) is 4. The molecule has 2 nitrogen and oxygen atoms in total. The fraction of sp³-hybridized carbons (Fsp3) is 0.222. The molecule has 0 saturated carbocycles. The molecule has 2 aliphatic heterocycles. The normalized spacial score (nSPS) is 20.4. The van der Waals surface area contributed by atoms with Gasteiger partial charge in [0.1, 0.15) is 32.9 Å². The highest BCUT2D eigenvalue weighted by Gasteiger charge is 2.60. The Morgan fingerprint density at radius 3 is 2.00 bits per heavy atom. The Labute approximate surface area is 144 Å². The molecule has 0 amide bonds. The number of fused-ring (bicyclic) bond motifs is 4. The minimum Gasteiger partial charge on any atom is -0.338 e. The average molecular weight is 359 g/mol. The minimum atomic E-state index is -1.62. The molecule has 5 heteroatoms. The lowest BCUT2D eigenvalue weighted by molar-refractivity contribution is -0.123. The summed E-state index contributed by atoms with van der Waals surface area (Å²) in [5.41, 5.74) is 0. The van der Waals surface area contributed by atoms with Crippen molar-refractivity contribution >= 4 is 45.8 Å². The summed E-state index contributed by atoms with van der Waals surface area (Å²) in [5, 5.41) is 8.64. The van der Waals surface area contributed by atoms with Crippen LogP contribution in [-0.2, 0) is 15.3 Å². The van der Waals surface area contributed by atoms with E-state index in [4.69, 9.17) is 9.47 Å². The Balaban J connectivity index is 1.85. The van der Waals surface area contributed by atoms with Gasteiger partial charge in [0.15, 0.2) is 0 Å². The van der Waals surface area contributed by atoms with E-state index >= 15 is 0 Å². The number of hydrogen-bond donors (Lipinski definition) is 0. The fourth-order valence-corrected chi connectivity index (χ4v) is 10.6. The van der Waals surface area contributed by atoms with Crippen molar-refractivity contribution in [3.8, 4) is 0 Å². The van der Waals surface area contributed by atoms with Gasteiger partial charge < -0.3 is 9.47 Å². The first-order valence-corrected chi connectivity index (χ1v) is 11.6. The van der Waals surface area contributed by atoms with E-state index in [0.717, 1.165) is 0 Å². The van der Waals surface area contributed by atoms with Crippen molar-refractivity contribution < 1.29 is 9.47 Å². The maximum atomic E-state index is 6.20. The van der Waals surface area contributed by atoms with E-state index in [-0.39, 0.29) is 0 Å². The molecule has 0 bridgehead atoms. The van der Waals surface area contributed by atoms with Gasteiger partial charge in [0.25, 0.3) is 0 Å². The summed E-state index contributed by atoms with van der Waals surface area (Å²) < 4.78 is 12.4. The van der Waals surface area contributed by atoms with Gasteiger partial charge in [0.05, 0.1) is 19.9 Å². The van der Waals surface area contributed by atoms with Gasteiger partial charge in [-0.25, -0.2) is 0 Å². The largest absolute Gasteiger partial charge is 0.338 e. The van der Waals surface area contributed by atoms with Crippen molar-refractivity contribution in [3.63, 3.8) is 0 Å². The molecule has 116 valence electrons. The topological polar surface area (TPSA) is 18.5 Å². The van der Waals surface area contributed by atoms with Crippen molar-refractivity contribution in [2.75, 3.05) is 19.9 Å². The summed E-state index contributed by atoms with van der Waals surface area (Å²) in [6, 6.07) is 15.5. The summed E-state index contributed by atoms with van der Waals surface area (Å²) in [4.78, 5) is 2.51. The van der Waals surface area contributed by atoms with Gasteiger partial charge in [-0.15, -0.1) is 22.7 Å². The van der Waals surface area contributed by atoms with Gasteiger partial charge in [0.2, 0.25) is 5.79 Å². The second-order valence-electron chi connectivity index (χ2n) is 5.93. The minimum absolute atomic E-state index is 0.651. The summed E-state index contributed by atoms with van der Waals surface area (Å²) >= 11 is 3.54. The summed E-state index contributed by atoms with van der Waals surface area (Å²) in [6.45, 7) is 3.76. The lowest BCUT2D eigenvalue weighted by Crippen LogP contribution is -2.45. The molecule has 3 aromatic rings. The summed E-state index contributed by atoms with van der Waals surface area (Å²) in [6.07, 6.45) is 0. The predicted octanol–water partition coefficient (Wildman–Crippen LogP) is 3.29. The Morgan fingerprint density at radius 1 is 0.870 bits per heavy atom.